The number of nitrogens with two attached hydrogens (primary N) is 1. The second-order valence-corrected chi connectivity index (χ2v) is 9.57. The summed E-state index contributed by atoms with van der Waals surface area (Å²) >= 11 is 0. The Labute approximate surface area is 203 Å². The van der Waals surface area contributed by atoms with Crippen LogP contribution in [0.5, 0.6) is 5.75 Å². The quantitative estimate of drug-likeness (QED) is 0.536. The van der Waals surface area contributed by atoms with Gasteiger partial charge in [0.05, 0.1) is 12.0 Å². The average Bonchev–Trinajstić information content (AvgIpc) is 3.19. The fraction of sp³-hybridized carbons (Fsp3) is 0.440. The predicted molar refractivity (Wildman–Crippen MR) is 131 cm³/mol. The summed E-state index contributed by atoms with van der Waals surface area (Å²) in [6.07, 6.45) is 3.73. The number of amides is 1. The summed E-state index contributed by atoms with van der Waals surface area (Å²) < 4.78 is 12.8. The molecule has 2 atom stereocenters. The Bertz CT molecular complexity index is 1230. The van der Waals surface area contributed by atoms with Crippen LogP contribution in [0.1, 0.15) is 46.6 Å². The van der Waals surface area contributed by atoms with Crippen LogP contribution in [0.25, 0.3) is 22.2 Å². The van der Waals surface area contributed by atoms with Gasteiger partial charge in [-0.1, -0.05) is 12.1 Å². The van der Waals surface area contributed by atoms with E-state index < -0.39 is 23.7 Å². The highest BCUT2D eigenvalue weighted by Crippen LogP contribution is 2.38. The maximum Gasteiger partial charge on any atom is 0.411 e. The zero-order chi connectivity index (χ0) is 25.3. The summed E-state index contributed by atoms with van der Waals surface area (Å²) in [4.78, 5) is 35.9. The van der Waals surface area contributed by atoms with E-state index in [2.05, 4.69) is 9.97 Å². The van der Waals surface area contributed by atoms with Gasteiger partial charge in [-0.05, 0) is 58.2 Å². The number of aromatic nitrogens is 3. The maximum atomic E-state index is 12.9. The molecule has 3 heterocycles. The standard InChI is InChI=1S/C25H31N5O5/c1-5-34-23(32)19-12-16(10-11-29(19)24(33)35-25(2,3)4)30-13-18(15-6-8-17(31)9-7-15)20-21(26)27-14-28-22(20)30/h6-9,13-14,16,19,31H,5,10-12H2,1-4H3,(H2,26,27,28). The summed E-state index contributed by atoms with van der Waals surface area (Å²) in [7, 11) is 0. The SMILES string of the molecule is CCOC(=O)C1CC(n2cc(-c3ccc(O)cc3)c3c(N)ncnc32)CCN1C(=O)OC(C)(C)C. The molecule has 1 aliphatic heterocycles. The number of esters is 1. The minimum absolute atomic E-state index is 0.147. The van der Waals surface area contributed by atoms with Gasteiger partial charge in [0.15, 0.2) is 0 Å². The number of ether oxygens (including phenoxy) is 2. The lowest BCUT2D eigenvalue weighted by Crippen LogP contribution is -2.52. The first-order valence-electron chi connectivity index (χ1n) is 11.7. The van der Waals surface area contributed by atoms with Gasteiger partial charge in [0.25, 0.3) is 0 Å². The number of phenolic OH excluding ortho intramolecular Hbond substituents is 1. The molecule has 2 unspecified atom stereocenters. The Kier molecular flexibility index (Phi) is 6.56. The lowest BCUT2D eigenvalue weighted by atomic mass is 9.97. The molecule has 0 bridgehead atoms. The van der Waals surface area contributed by atoms with Crippen molar-refractivity contribution in [1.82, 2.24) is 19.4 Å². The van der Waals surface area contributed by atoms with Crippen molar-refractivity contribution in [2.75, 3.05) is 18.9 Å². The number of rotatable bonds is 4. The molecule has 186 valence electrons. The second-order valence-electron chi connectivity index (χ2n) is 9.57. The maximum absolute atomic E-state index is 12.9. The van der Waals surface area contributed by atoms with Gasteiger partial charge in [-0.15, -0.1) is 0 Å². The number of hydrogen-bond acceptors (Lipinski definition) is 8. The van der Waals surface area contributed by atoms with Crippen LogP contribution in [0.2, 0.25) is 0 Å². The fourth-order valence-electron chi connectivity index (χ4n) is 4.45. The lowest BCUT2D eigenvalue weighted by Gasteiger charge is -2.39. The van der Waals surface area contributed by atoms with Crippen LogP contribution >= 0.6 is 0 Å². The topological polar surface area (TPSA) is 133 Å². The van der Waals surface area contributed by atoms with Crippen molar-refractivity contribution in [2.24, 2.45) is 0 Å². The Morgan fingerprint density at radius 3 is 2.57 bits per heavy atom. The number of carbonyl (C=O) groups is 2. The Hall–Kier alpha value is -3.82. The predicted octanol–water partition coefficient (Wildman–Crippen LogP) is 3.89. The van der Waals surface area contributed by atoms with Gasteiger partial charge in [0, 0.05) is 24.3 Å². The Balaban J connectivity index is 1.72. The van der Waals surface area contributed by atoms with E-state index in [4.69, 9.17) is 15.2 Å². The Morgan fingerprint density at radius 1 is 1.20 bits per heavy atom. The third-order valence-electron chi connectivity index (χ3n) is 5.97. The van der Waals surface area contributed by atoms with E-state index in [9.17, 15) is 14.7 Å². The number of carbonyl (C=O) groups excluding carboxylic acids is 2. The first-order valence-corrected chi connectivity index (χ1v) is 11.7. The summed E-state index contributed by atoms with van der Waals surface area (Å²) in [6, 6.07) is 5.87. The van der Waals surface area contributed by atoms with Crippen molar-refractivity contribution in [1.29, 1.82) is 0 Å². The number of nitrogen functional groups attached to an aromatic ring is 1. The van der Waals surface area contributed by atoms with Crippen molar-refractivity contribution in [3.63, 3.8) is 0 Å². The highest BCUT2D eigenvalue weighted by atomic mass is 16.6. The molecule has 2 aromatic heterocycles. The molecular weight excluding hydrogens is 450 g/mol. The number of piperidine rings is 1. The van der Waals surface area contributed by atoms with E-state index >= 15 is 0 Å². The molecule has 0 spiro atoms. The highest BCUT2D eigenvalue weighted by molar-refractivity contribution is 6.00. The van der Waals surface area contributed by atoms with Crippen LogP contribution in [0.4, 0.5) is 10.6 Å². The number of nitrogens with zero attached hydrogens (tertiary/aromatic N) is 4. The number of benzene rings is 1. The van der Waals surface area contributed by atoms with Gasteiger partial charge in [-0.2, -0.15) is 0 Å². The van der Waals surface area contributed by atoms with Gasteiger partial charge >= 0.3 is 12.1 Å². The first-order chi connectivity index (χ1) is 16.6. The summed E-state index contributed by atoms with van der Waals surface area (Å²) in [6.45, 7) is 7.63. The van der Waals surface area contributed by atoms with Crippen molar-refractivity contribution in [3.05, 3.63) is 36.8 Å². The van der Waals surface area contributed by atoms with E-state index in [0.717, 1.165) is 11.1 Å². The summed E-state index contributed by atoms with van der Waals surface area (Å²) in [5.41, 5.74) is 7.87. The van der Waals surface area contributed by atoms with Crippen molar-refractivity contribution in [3.8, 4) is 16.9 Å². The number of fused-ring (bicyclic) bond motifs is 1. The van der Waals surface area contributed by atoms with Crippen LogP contribution in [0.3, 0.4) is 0 Å². The normalized spacial score (nSPS) is 18.5. The minimum atomic E-state index is -0.794. The average molecular weight is 482 g/mol. The number of aromatic hydroxyl groups is 1. The summed E-state index contributed by atoms with van der Waals surface area (Å²) in [5.74, 6) is 0.0332. The van der Waals surface area contributed by atoms with Crippen LogP contribution in [-0.2, 0) is 14.3 Å². The monoisotopic (exact) mass is 481 g/mol. The van der Waals surface area contributed by atoms with Gasteiger partial charge in [0.2, 0.25) is 0 Å². The van der Waals surface area contributed by atoms with Gasteiger partial charge in [-0.25, -0.2) is 19.6 Å². The number of phenols is 1. The largest absolute Gasteiger partial charge is 0.508 e. The van der Waals surface area contributed by atoms with Gasteiger partial charge in [-0.3, -0.25) is 4.90 Å². The molecule has 0 aliphatic carbocycles. The minimum Gasteiger partial charge on any atom is -0.508 e. The molecular formula is C25H31N5O5. The van der Waals surface area contributed by atoms with Gasteiger partial charge in [0.1, 0.15) is 35.2 Å². The molecule has 10 heteroatoms. The molecule has 1 fully saturated rings. The molecule has 1 aliphatic rings. The number of hydrogen-bond donors (Lipinski definition) is 2. The van der Waals surface area contributed by atoms with E-state index in [1.54, 1.807) is 52.0 Å². The van der Waals surface area contributed by atoms with Crippen LogP contribution in [-0.4, -0.2) is 61.4 Å². The second kappa shape index (κ2) is 9.44. The molecule has 3 aromatic rings. The van der Waals surface area contributed by atoms with E-state index in [1.807, 2.05) is 10.8 Å². The van der Waals surface area contributed by atoms with Gasteiger partial charge < -0.3 is 24.9 Å². The lowest BCUT2D eigenvalue weighted by molar-refractivity contribution is -0.151. The third-order valence-corrected chi connectivity index (χ3v) is 5.97. The molecule has 1 aromatic carbocycles. The smallest absolute Gasteiger partial charge is 0.411 e. The molecule has 0 saturated carbocycles. The van der Waals surface area contributed by atoms with Crippen LogP contribution in [0.15, 0.2) is 36.8 Å². The zero-order valence-electron chi connectivity index (χ0n) is 20.4. The third kappa shape index (κ3) is 5.01. The van der Waals surface area contributed by atoms with E-state index in [-0.39, 0.29) is 18.4 Å². The Morgan fingerprint density at radius 2 is 1.91 bits per heavy atom. The fourth-order valence-corrected chi connectivity index (χ4v) is 4.45. The summed E-state index contributed by atoms with van der Waals surface area (Å²) in [5, 5.41) is 10.4. The number of anilines is 1. The van der Waals surface area contributed by atoms with Crippen molar-refractivity contribution in [2.45, 2.75) is 58.2 Å². The van der Waals surface area contributed by atoms with Crippen LogP contribution < -0.4 is 5.73 Å². The molecule has 1 saturated heterocycles. The molecule has 1 amide bonds. The van der Waals surface area contributed by atoms with E-state index in [1.165, 1.54) is 11.2 Å². The highest BCUT2D eigenvalue weighted by Gasteiger charge is 2.40. The van der Waals surface area contributed by atoms with Crippen molar-refractivity contribution >= 4 is 28.9 Å². The van der Waals surface area contributed by atoms with Crippen LogP contribution in [0, 0.1) is 0 Å². The zero-order valence-corrected chi connectivity index (χ0v) is 20.4. The molecule has 0 radical (unpaired) electrons. The first kappa shape index (κ1) is 24.3. The number of likely N-dealkylation sites (tertiary alicyclic amines) is 1. The van der Waals surface area contributed by atoms with Crippen molar-refractivity contribution < 1.29 is 24.2 Å². The molecule has 35 heavy (non-hydrogen) atoms. The molecule has 10 nitrogen and oxygen atoms in total. The van der Waals surface area contributed by atoms with E-state index in [0.29, 0.717) is 36.2 Å². The molecule has 3 N–H and O–H groups in total. The molecule has 4 rings (SSSR count).